The van der Waals surface area contributed by atoms with Gasteiger partial charge in [0.05, 0.1) is 23.1 Å². The van der Waals surface area contributed by atoms with Crippen molar-refractivity contribution in [2.75, 3.05) is 13.2 Å². The van der Waals surface area contributed by atoms with Crippen molar-refractivity contribution in [3.63, 3.8) is 0 Å². The van der Waals surface area contributed by atoms with Crippen LogP contribution >= 0.6 is 38.6 Å². The molecular weight excluding hydrogens is 444 g/mol. The van der Waals surface area contributed by atoms with Crippen molar-refractivity contribution in [2.24, 2.45) is 0 Å². The summed E-state index contributed by atoms with van der Waals surface area (Å²) < 4.78 is 6.87. The van der Waals surface area contributed by atoms with Gasteiger partial charge in [-0.15, -0.1) is 22.7 Å². The summed E-state index contributed by atoms with van der Waals surface area (Å²) in [6.45, 7) is 3.26. The van der Waals surface area contributed by atoms with Gasteiger partial charge in [0.2, 0.25) is 5.91 Å². The Bertz CT molecular complexity index is 864. The molecule has 1 aromatic carbocycles. The van der Waals surface area contributed by atoms with Crippen molar-refractivity contribution >= 4 is 44.5 Å². The molecule has 2 heterocycles. The number of carbonyl (C=O) groups is 1. The van der Waals surface area contributed by atoms with Crippen molar-refractivity contribution in [2.45, 2.75) is 25.9 Å². The summed E-state index contributed by atoms with van der Waals surface area (Å²) >= 11 is 6.66. The van der Waals surface area contributed by atoms with E-state index in [1.165, 1.54) is 5.56 Å². The van der Waals surface area contributed by atoms with Gasteiger partial charge in [0.15, 0.2) is 0 Å². The van der Waals surface area contributed by atoms with E-state index >= 15 is 0 Å². The molecule has 0 spiro atoms. The maximum atomic E-state index is 12.1. The fourth-order valence-corrected chi connectivity index (χ4v) is 4.86. The van der Waals surface area contributed by atoms with Gasteiger partial charge in [0.25, 0.3) is 0 Å². The van der Waals surface area contributed by atoms with Gasteiger partial charge in [0, 0.05) is 28.4 Å². The number of thiophene rings is 1. The van der Waals surface area contributed by atoms with Crippen LogP contribution in [-0.4, -0.2) is 24.0 Å². The lowest BCUT2D eigenvalue weighted by Crippen LogP contribution is -2.27. The van der Waals surface area contributed by atoms with Crippen LogP contribution in [0.1, 0.15) is 30.7 Å². The van der Waals surface area contributed by atoms with Crippen molar-refractivity contribution < 1.29 is 9.53 Å². The van der Waals surface area contributed by atoms with Crippen molar-refractivity contribution in [3.05, 3.63) is 62.9 Å². The molecule has 0 saturated heterocycles. The van der Waals surface area contributed by atoms with E-state index < -0.39 is 0 Å². The van der Waals surface area contributed by atoms with Gasteiger partial charge in [0.1, 0.15) is 5.01 Å². The Kier molecular flexibility index (Phi) is 7.58. The molecule has 142 valence electrons. The second kappa shape index (κ2) is 10.1. The highest BCUT2D eigenvalue weighted by molar-refractivity contribution is 9.10. The van der Waals surface area contributed by atoms with Crippen LogP contribution in [0.4, 0.5) is 0 Å². The zero-order chi connectivity index (χ0) is 19.1. The summed E-state index contributed by atoms with van der Waals surface area (Å²) in [7, 11) is 0. The van der Waals surface area contributed by atoms with Gasteiger partial charge in [-0.1, -0.05) is 30.3 Å². The first-order valence-corrected chi connectivity index (χ1v) is 11.3. The van der Waals surface area contributed by atoms with Gasteiger partial charge in [-0.05, 0) is 40.9 Å². The maximum Gasteiger partial charge on any atom is 0.226 e. The number of ether oxygens (including phenoxy) is 1. The van der Waals surface area contributed by atoms with Crippen molar-refractivity contribution in [1.82, 2.24) is 10.3 Å². The van der Waals surface area contributed by atoms with E-state index in [0.717, 1.165) is 26.5 Å². The van der Waals surface area contributed by atoms with Crippen LogP contribution in [0.5, 0.6) is 0 Å². The molecule has 3 aromatic rings. The SMILES string of the molecule is CC(OCCCNC(=O)Cc1csc(-c2cc(Br)cs2)n1)c1ccccc1. The fraction of sp³-hybridized carbons (Fsp3) is 0.300. The third-order valence-electron chi connectivity index (χ3n) is 3.95. The average Bonchev–Trinajstić information content (AvgIpc) is 3.31. The number of aromatic nitrogens is 1. The molecule has 1 N–H and O–H groups in total. The van der Waals surface area contributed by atoms with E-state index in [1.54, 1.807) is 22.7 Å². The van der Waals surface area contributed by atoms with E-state index in [0.29, 0.717) is 19.6 Å². The third-order valence-corrected chi connectivity index (χ3v) is 6.70. The van der Waals surface area contributed by atoms with E-state index in [4.69, 9.17) is 4.74 Å². The highest BCUT2D eigenvalue weighted by atomic mass is 79.9. The number of thiazole rings is 1. The first kappa shape index (κ1) is 20.2. The summed E-state index contributed by atoms with van der Waals surface area (Å²) in [6.07, 6.45) is 1.16. The zero-order valence-electron chi connectivity index (χ0n) is 15.0. The van der Waals surface area contributed by atoms with E-state index in [-0.39, 0.29) is 12.0 Å². The minimum atomic E-state index is -0.00434. The largest absolute Gasteiger partial charge is 0.374 e. The first-order chi connectivity index (χ1) is 13.1. The summed E-state index contributed by atoms with van der Waals surface area (Å²) in [5.74, 6) is -0.00434. The number of nitrogens with zero attached hydrogens (tertiary/aromatic N) is 1. The second-order valence-corrected chi connectivity index (χ2v) is 8.76. The zero-order valence-corrected chi connectivity index (χ0v) is 18.2. The molecule has 3 rings (SSSR count). The Balaban J connectivity index is 1.35. The molecule has 0 aliphatic heterocycles. The van der Waals surface area contributed by atoms with Gasteiger partial charge in [-0.2, -0.15) is 0 Å². The summed E-state index contributed by atoms with van der Waals surface area (Å²) in [5.41, 5.74) is 1.98. The van der Waals surface area contributed by atoms with Crippen LogP contribution in [-0.2, 0) is 16.0 Å². The van der Waals surface area contributed by atoms with Gasteiger partial charge < -0.3 is 10.1 Å². The number of nitrogens with one attached hydrogen (secondary N) is 1. The number of amides is 1. The van der Waals surface area contributed by atoms with E-state index in [9.17, 15) is 4.79 Å². The summed E-state index contributed by atoms with van der Waals surface area (Å²) in [5, 5.41) is 7.88. The Labute approximate surface area is 175 Å². The molecule has 2 aromatic heterocycles. The number of hydrogen-bond acceptors (Lipinski definition) is 5. The standard InChI is InChI=1S/C20H21BrN2O2S2/c1-14(15-6-3-2-4-7-15)25-9-5-8-22-19(24)11-17-13-27-20(23-17)18-10-16(21)12-26-18/h2-4,6-7,10,12-14H,5,8-9,11H2,1H3,(H,22,24). The lowest BCUT2D eigenvalue weighted by atomic mass is 10.1. The van der Waals surface area contributed by atoms with Gasteiger partial charge in [-0.25, -0.2) is 4.98 Å². The van der Waals surface area contributed by atoms with E-state index in [1.807, 2.05) is 41.9 Å². The first-order valence-electron chi connectivity index (χ1n) is 8.74. The maximum absolute atomic E-state index is 12.1. The average molecular weight is 465 g/mol. The van der Waals surface area contributed by atoms with Crippen molar-refractivity contribution in [1.29, 1.82) is 0 Å². The molecule has 1 amide bonds. The van der Waals surface area contributed by atoms with Crippen LogP contribution in [0.25, 0.3) is 9.88 Å². The molecule has 7 heteroatoms. The molecule has 0 aliphatic rings. The van der Waals surface area contributed by atoms with Crippen LogP contribution in [0.15, 0.2) is 51.6 Å². The lowest BCUT2D eigenvalue weighted by molar-refractivity contribution is -0.120. The Morgan fingerprint density at radius 1 is 1.26 bits per heavy atom. The minimum Gasteiger partial charge on any atom is -0.374 e. The highest BCUT2D eigenvalue weighted by Gasteiger charge is 2.10. The Morgan fingerprint density at radius 3 is 2.81 bits per heavy atom. The monoisotopic (exact) mass is 464 g/mol. The minimum absolute atomic E-state index is 0.00434. The molecular formula is C20H21BrN2O2S2. The lowest BCUT2D eigenvalue weighted by Gasteiger charge is -2.13. The van der Waals surface area contributed by atoms with Gasteiger partial charge >= 0.3 is 0 Å². The van der Waals surface area contributed by atoms with Crippen LogP contribution in [0.2, 0.25) is 0 Å². The predicted molar refractivity (Wildman–Crippen MR) is 115 cm³/mol. The van der Waals surface area contributed by atoms with Crippen LogP contribution in [0, 0.1) is 0 Å². The second-order valence-electron chi connectivity index (χ2n) is 6.08. The molecule has 27 heavy (non-hydrogen) atoms. The quantitative estimate of drug-likeness (QED) is 0.427. The molecule has 0 radical (unpaired) electrons. The topological polar surface area (TPSA) is 51.2 Å². The molecule has 0 aliphatic carbocycles. The Hall–Kier alpha value is -1.54. The predicted octanol–water partition coefficient (Wildman–Crippen LogP) is 5.46. The van der Waals surface area contributed by atoms with Crippen LogP contribution in [0.3, 0.4) is 0 Å². The smallest absolute Gasteiger partial charge is 0.226 e. The van der Waals surface area contributed by atoms with E-state index in [2.05, 4.69) is 38.4 Å². The number of halogens is 1. The number of rotatable bonds is 9. The fourth-order valence-electron chi connectivity index (χ4n) is 2.53. The van der Waals surface area contributed by atoms with Gasteiger partial charge in [-0.3, -0.25) is 4.79 Å². The van der Waals surface area contributed by atoms with Crippen LogP contribution < -0.4 is 5.32 Å². The number of carbonyl (C=O) groups excluding carboxylic acids is 1. The van der Waals surface area contributed by atoms with Crippen molar-refractivity contribution in [3.8, 4) is 9.88 Å². The molecule has 0 bridgehead atoms. The summed E-state index contributed by atoms with van der Waals surface area (Å²) in [6, 6.07) is 12.2. The molecule has 1 atom stereocenters. The molecule has 4 nitrogen and oxygen atoms in total. The normalized spacial score (nSPS) is 12.1. The third kappa shape index (κ3) is 6.24. The summed E-state index contributed by atoms with van der Waals surface area (Å²) in [4.78, 5) is 17.8. The molecule has 0 saturated carbocycles. The molecule has 0 fully saturated rings. The number of benzene rings is 1. The molecule has 1 unspecified atom stereocenters. The number of hydrogen-bond donors (Lipinski definition) is 1. The highest BCUT2D eigenvalue weighted by Crippen LogP contribution is 2.32. The Morgan fingerprint density at radius 2 is 2.07 bits per heavy atom.